The minimum absolute atomic E-state index is 0.0245. The molecule has 0 aromatic heterocycles. The third kappa shape index (κ3) is 4.73. The summed E-state index contributed by atoms with van der Waals surface area (Å²) in [5.74, 6) is -0.977. The van der Waals surface area contributed by atoms with Gasteiger partial charge in [-0.05, 0) is 37.5 Å². The molecule has 2 atom stereocenters. The monoisotopic (exact) mass is 403 g/mol. The number of carbonyl (C=O) groups is 2. The lowest BCUT2D eigenvalue weighted by Crippen LogP contribution is -2.58. The SMILES string of the molecule is CCC[C@]1(C(=O)O)CCN(C(=O)CN2CCN(c3cccc(C)c3)CC2)C[C@H]1O. The quantitative estimate of drug-likeness (QED) is 0.750. The molecule has 7 nitrogen and oxygen atoms in total. The number of aliphatic carboxylic acids is 1. The maximum atomic E-state index is 12.8. The fourth-order valence-corrected chi connectivity index (χ4v) is 4.58. The van der Waals surface area contributed by atoms with Crippen LogP contribution in [0.25, 0.3) is 0 Å². The second kappa shape index (κ2) is 9.13. The Labute approximate surface area is 172 Å². The largest absolute Gasteiger partial charge is 0.481 e. The zero-order valence-corrected chi connectivity index (χ0v) is 17.5. The number of aliphatic hydroxyl groups excluding tert-OH is 1. The highest BCUT2D eigenvalue weighted by atomic mass is 16.4. The molecule has 0 aliphatic carbocycles. The fourth-order valence-electron chi connectivity index (χ4n) is 4.58. The number of β-amino-alcohol motifs (C(OH)–C–C–N with tert-alkyl or cyclic N) is 1. The summed E-state index contributed by atoms with van der Waals surface area (Å²) in [6.07, 6.45) is 0.426. The van der Waals surface area contributed by atoms with Gasteiger partial charge in [-0.2, -0.15) is 0 Å². The molecule has 2 heterocycles. The molecule has 160 valence electrons. The Hall–Kier alpha value is -2.12. The number of hydrogen-bond acceptors (Lipinski definition) is 5. The number of aryl methyl sites for hydroxylation is 1. The summed E-state index contributed by atoms with van der Waals surface area (Å²) in [6.45, 7) is 8.20. The van der Waals surface area contributed by atoms with Gasteiger partial charge in [-0.1, -0.05) is 25.5 Å². The average Bonchev–Trinajstić information content (AvgIpc) is 2.70. The molecule has 0 bridgehead atoms. The minimum Gasteiger partial charge on any atom is -0.481 e. The summed E-state index contributed by atoms with van der Waals surface area (Å²) in [4.78, 5) is 30.6. The van der Waals surface area contributed by atoms with Gasteiger partial charge in [0.05, 0.1) is 18.1 Å². The molecule has 3 rings (SSSR count). The Morgan fingerprint density at radius 3 is 2.48 bits per heavy atom. The number of carboxylic acids is 1. The number of benzene rings is 1. The molecule has 1 aromatic rings. The van der Waals surface area contributed by atoms with E-state index in [1.807, 2.05) is 6.92 Å². The van der Waals surface area contributed by atoms with E-state index in [1.54, 1.807) is 4.90 Å². The summed E-state index contributed by atoms with van der Waals surface area (Å²) in [5, 5.41) is 20.2. The average molecular weight is 404 g/mol. The number of piperazine rings is 1. The number of likely N-dealkylation sites (tertiary alicyclic amines) is 1. The highest BCUT2D eigenvalue weighted by Gasteiger charge is 2.48. The van der Waals surface area contributed by atoms with Gasteiger partial charge in [0, 0.05) is 45.0 Å². The van der Waals surface area contributed by atoms with E-state index in [1.165, 1.54) is 11.3 Å². The maximum Gasteiger partial charge on any atom is 0.312 e. The summed E-state index contributed by atoms with van der Waals surface area (Å²) in [6, 6.07) is 8.46. The molecule has 2 aliphatic rings. The number of piperidine rings is 1. The zero-order chi connectivity index (χ0) is 21.0. The van der Waals surface area contributed by atoms with Crippen molar-refractivity contribution in [3.63, 3.8) is 0 Å². The van der Waals surface area contributed by atoms with E-state index in [4.69, 9.17) is 0 Å². The summed E-state index contributed by atoms with van der Waals surface area (Å²) in [5.41, 5.74) is 1.34. The van der Waals surface area contributed by atoms with Crippen LogP contribution in [0.1, 0.15) is 31.7 Å². The number of hydrogen-bond donors (Lipinski definition) is 2. The third-order valence-corrected chi connectivity index (χ3v) is 6.43. The lowest BCUT2D eigenvalue weighted by atomic mass is 9.73. The van der Waals surface area contributed by atoms with E-state index in [9.17, 15) is 19.8 Å². The molecule has 0 unspecified atom stereocenters. The van der Waals surface area contributed by atoms with Gasteiger partial charge in [-0.25, -0.2) is 0 Å². The van der Waals surface area contributed by atoms with Gasteiger partial charge >= 0.3 is 5.97 Å². The summed E-state index contributed by atoms with van der Waals surface area (Å²) < 4.78 is 0. The molecule has 2 saturated heterocycles. The lowest BCUT2D eigenvalue weighted by Gasteiger charge is -2.43. The highest BCUT2D eigenvalue weighted by Crippen LogP contribution is 2.37. The zero-order valence-electron chi connectivity index (χ0n) is 17.5. The fraction of sp³-hybridized carbons (Fsp3) is 0.636. The van der Waals surface area contributed by atoms with Gasteiger partial charge in [0.2, 0.25) is 5.91 Å². The van der Waals surface area contributed by atoms with Crippen LogP contribution in [0.4, 0.5) is 5.69 Å². The molecule has 1 aromatic carbocycles. The number of nitrogens with zero attached hydrogens (tertiary/aromatic N) is 3. The molecule has 2 N–H and O–H groups in total. The van der Waals surface area contributed by atoms with Crippen LogP contribution < -0.4 is 4.90 Å². The normalized spacial score (nSPS) is 25.8. The van der Waals surface area contributed by atoms with Crippen LogP contribution in [-0.2, 0) is 9.59 Å². The van der Waals surface area contributed by atoms with Crippen molar-refractivity contribution >= 4 is 17.6 Å². The molecular weight excluding hydrogens is 370 g/mol. The van der Waals surface area contributed by atoms with Crippen LogP contribution in [0, 0.1) is 12.3 Å². The predicted octanol–water partition coefficient (Wildman–Crippen LogP) is 1.58. The minimum atomic E-state index is -1.12. The van der Waals surface area contributed by atoms with Gasteiger partial charge in [-0.15, -0.1) is 0 Å². The first-order valence-electron chi connectivity index (χ1n) is 10.6. The molecule has 0 saturated carbocycles. The topological polar surface area (TPSA) is 84.3 Å². The first-order chi connectivity index (χ1) is 13.9. The summed E-state index contributed by atoms with van der Waals surface area (Å²) in [7, 11) is 0. The van der Waals surface area contributed by atoms with Crippen molar-refractivity contribution in [2.45, 2.75) is 39.2 Å². The second-order valence-corrected chi connectivity index (χ2v) is 8.42. The van der Waals surface area contributed by atoms with Crippen molar-refractivity contribution < 1.29 is 19.8 Å². The predicted molar refractivity (Wildman–Crippen MR) is 112 cm³/mol. The standard InChI is InChI=1S/C22H33N3O4/c1-3-7-22(21(28)29)8-9-25(15-19(22)26)20(27)16-23-10-12-24(13-11-23)18-6-4-5-17(2)14-18/h4-6,14,19,26H,3,7-13,15-16H2,1-2H3,(H,28,29)/t19-,22+/m1/s1. The summed E-state index contributed by atoms with van der Waals surface area (Å²) >= 11 is 0. The van der Waals surface area contributed by atoms with E-state index < -0.39 is 17.5 Å². The van der Waals surface area contributed by atoms with Gasteiger partial charge < -0.3 is 20.0 Å². The van der Waals surface area contributed by atoms with Gasteiger partial charge in [0.15, 0.2) is 0 Å². The number of rotatable bonds is 6. The molecule has 0 radical (unpaired) electrons. The number of carbonyl (C=O) groups excluding carboxylic acids is 1. The molecule has 7 heteroatoms. The van der Waals surface area contributed by atoms with Crippen LogP contribution in [0.5, 0.6) is 0 Å². The van der Waals surface area contributed by atoms with Crippen molar-refractivity contribution in [1.82, 2.24) is 9.80 Å². The van der Waals surface area contributed by atoms with Crippen LogP contribution in [0.2, 0.25) is 0 Å². The first-order valence-corrected chi connectivity index (χ1v) is 10.6. The van der Waals surface area contributed by atoms with E-state index in [0.29, 0.717) is 32.4 Å². The van der Waals surface area contributed by atoms with Gasteiger partial charge in [0.1, 0.15) is 0 Å². The van der Waals surface area contributed by atoms with Gasteiger partial charge in [-0.3, -0.25) is 14.5 Å². The van der Waals surface area contributed by atoms with E-state index in [2.05, 4.69) is 41.0 Å². The second-order valence-electron chi connectivity index (χ2n) is 8.42. The van der Waals surface area contributed by atoms with Crippen molar-refractivity contribution in [1.29, 1.82) is 0 Å². The van der Waals surface area contributed by atoms with E-state index in [-0.39, 0.29) is 12.5 Å². The Morgan fingerprint density at radius 2 is 1.90 bits per heavy atom. The molecular formula is C22H33N3O4. The van der Waals surface area contributed by atoms with E-state index >= 15 is 0 Å². The van der Waals surface area contributed by atoms with Crippen molar-refractivity contribution in [2.24, 2.45) is 5.41 Å². The van der Waals surface area contributed by atoms with Crippen LogP contribution in [0.15, 0.2) is 24.3 Å². The van der Waals surface area contributed by atoms with Crippen molar-refractivity contribution in [3.8, 4) is 0 Å². The molecule has 2 aliphatic heterocycles. The van der Waals surface area contributed by atoms with Crippen LogP contribution in [0.3, 0.4) is 0 Å². The first kappa shape index (κ1) is 21.6. The van der Waals surface area contributed by atoms with Gasteiger partial charge in [0.25, 0.3) is 0 Å². The van der Waals surface area contributed by atoms with Crippen LogP contribution >= 0.6 is 0 Å². The molecule has 0 spiro atoms. The number of aliphatic hydroxyl groups is 1. The molecule has 1 amide bonds. The highest BCUT2D eigenvalue weighted by molar-refractivity contribution is 5.80. The third-order valence-electron chi connectivity index (χ3n) is 6.43. The maximum absolute atomic E-state index is 12.8. The number of carboxylic acid groups (broad SMARTS) is 1. The van der Waals surface area contributed by atoms with Crippen molar-refractivity contribution in [2.75, 3.05) is 50.7 Å². The Balaban J connectivity index is 1.51. The molecule has 29 heavy (non-hydrogen) atoms. The van der Waals surface area contributed by atoms with Crippen LogP contribution in [-0.4, -0.2) is 83.8 Å². The number of amides is 1. The lowest BCUT2D eigenvalue weighted by molar-refractivity contribution is -0.167. The van der Waals surface area contributed by atoms with Crippen molar-refractivity contribution in [3.05, 3.63) is 29.8 Å². The Bertz CT molecular complexity index is 733. The van der Waals surface area contributed by atoms with E-state index in [0.717, 1.165) is 26.2 Å². The molecule has 2 fully saturated rings. The number of anilines is 1. The smallest absolute Gasteiger partial charge is 0.312 e. The Kier molecular flexibility index (Phi) is 6.80. The Morgan fingerprint density at radius 1 is 1.17 bits per heavy atom.